The van der Waals surface area contributed by atoms with Crippen LogP contribution in [0, 0.1) is 12.3 Å². The Morgan fingerprint density at radius 1 is 1.26 bits per heavy atom. The molecule has 0 radical (unpaired) electrons. The number of rotatable bonds is 2. The van der Waals surface area contributed by atoms with Crippen LogP contribution in [0.25, 0.3) is 0 Å². The smallest absolute Gasteiger partial charge is 0.475 e. The highest BCUT2D eigenvalue weighted by atomic mass is 32.1. The minimum Gasteiger partial charge on any atom is -0.475 e. The van der Waals surface area contributed by atoms with Gasteiger partial charge in [0.05, 0.1) is 0 Å². The van der Waals surface area contributed by atoms with Gasteiger partial charge in [0.2, 0.25) is 5.91 Å². The first-order chi connectivity index (χ1) is 14.3. The number of carboxylic acid groups (broad SMARTS) is 1. The highest BCUT2D eigenvalue weighted by molar-refractivity contribution is 7.11. The Bertz CT molecular complexity index is 814. The summed E-state index contributed by atoms with van der Waals surface area (Å²) in [5.41, 5.74) is -0.175. The molecule has 1 atom stereocenters. The van der Waals surface area contributed by atoms with Crippen molar-refractivity contribution < 1.29 is 32.7 Å². The van der Waals surface area contributed by atoms with Gasteiger partial charge in [-0.25, -0.2) is 9.59 Å². The number of urea groups is 1. The van der Waals surface area contributed by atoms with Crippen LogP contribution in [-0.2, 0) is 16.1 Å². The van der Waals surface area contributed by atoms with Crippen LogP contribution in [0.1, 0.15) is 16.2 Å². The summed E-state index contributed by atoms with van der Waals surface area (Å²) in [5.74, 6) is -2.66. The predicted octanol–water partition coefficient (Wildman–Crippen LogP) is 2.00. The monoisotopic (exact) mass is 464 g/mol. The molecule has 0 aromatic carbocycles. The topological polar surface area (TPSA) is 93.2 Å². The Morgan fingerprint density at radius 2 is 1.90 bits per heavy atom. The summed E-state index contributed by atoms with van der Waals surface area (Å²) in [6, 6.07) is 4.36. The zero-order valence-electron chi connectivity index (χ0n) is 17.7. The fraction of sp³-hybridized carbons (Fsp3) is 0.632. The molecule has 3 rings (SSSR count). The molecule has 0 saturated carbocycles. The molecule has 3 heterocycles. The molecule has 12 heteroatoms. The first-order valence-corrected chi connectivity index (χ1v) is 10.4. The van der Waals surface area contributed by atoms with E-state index in [1.54, 1.807) is 19.0 Å². The SMILES string of the molecule is Cc1ccc(CN2CCN(C(=O)N(C)C)CC3(CNC(=O)C3)C2)s1.O=C(O)C(F)(F)F. The molecule has 1 spiro atoms. The average molecular weight is 465 g/mol. The third kappa shape index (κ3) is 7.10. The van der Waals surface area contributed by atoms with Crippen LogP contribution in [0.3, 0.4) is 0 Å². The molecule has 1 unspecified atom stereocenters. The van der Waals surface area contributed by atoms with Crippen molar-refractivity contribution in [3.8, 4) is 0 Å². The van der Waals surface area contributed by atoms with Gasteiger partial charge in [0.15, 0.2) is 0 Å². The van der Waals surface area contributed by atoms with E-state index in [1.807, 2.05) is 16.2 Å². The van der Waals surface area contributed by atoms with Crippen LogP contribution in [-0.4, -0.2) is 90.7 Å². The van der Waals surface area contributed by atoms with Crippen molar-refractivity contribution in [2.45, 2.75) is 26.1 Å². The fourth-order valence-corrected chi connectivity index (χ4v) is 4.63. The van der Waals surface area contributed by atoms with Gasteiger partial charge in [-0.1, -0.05) is 0 Å². The van der Waals surface area contributed by atoms with Gasteiger partial charge in [-0.3, -0.25) is 9.69 Å². The second kappa shape index (κ2) is 9.86. The summed E-state index contributed by atoms with van der Waals surface area (Å²) in [5, 5.41) is 10.1. The number of amides is 3. The zero-order valence-corrected chi connectivity index (χ0v) is 18.5. The minimum absolute atomic E-state index is 0.0301. The summed E-state index contributed by atoms with van der Waals surface area (Å²) >= 11 is 1.82. The highest BCUT2D eigenvalue weighted by Gasteiger charge is 2.44. The molecule has 2 aliphatic rings. The van der Waals surface area contributed by atoms with Crippen LogP contribution < -0.4 is 5.32 Å². The summed E-state index contributed by atoms with van der Waals surface area (Å²) < 4.78 is 31.7. The molecule has 174 valence electrons. The second-order valence-electron chi connectivity index (χ2n) is 8.08. The number of carbonyl (C=O) groups excluding carboxylic acids is 2. The number of carboxylic acids is 1. The van der Waals surface area contributed by atoms with Crippen molar-refractivity contribution >= 4 is 29.2 Å². The molecule has 2 N–H and O–H groups in total. The van der Waals surface area contributed by atoms with E-state index in [1.165, 1.54) is 9.75 Å². The van der Waals surface area contributed by atoms with Gasteiger partial charge in [0.25, 0.3) is 0 Å². The first kappa shape index (κ1) is 24.9. The third-order valence-corrected chi connectivity index (χ3v) is 6.02. The molecule has 3 amide bonds. The summed E-state index contributed by atoms with van der Waals surface area (Å²) in [4.78, 5) is 41.8. The predicted molar refractivity (Wildman–Crippen MR) is 109 cm³/mol. The number of nitrogens with zero attached hydrogens (tertiary/aromatic N) is 3. The first-order valence-electron chi connectivity index (χ1n) is 9.62. The number of thiophene rings is 1. The molecule has 0 aliphatic carbocycles. The largest absolute Gasteiger partial charge is 0.490 e. The van der Waals surface area contributed by atoms with E-state index in [4.69, 9.17) is 9.90 Å². The van der Waals surface area contributed by atoms with Gasteiger partial charge in [0, 0.05) is 75.0 Å². The highest BCUT2D eigenvalue weighted by Crippen LogP contribution is 2.32. The summed E-state index contributed by atoms with van der Waals surface area (Å²) in [6.45, 7) is 6.70. The number of alkyl halides is 3. The van der Waals surface area contributed by atoms with Crippen LogP contribution in [0.5, 0.6) is 0 Å². The van der Waals surface area contributed by atoms with Crippen molar-refractivity contribution in [1.82, 2.24) is 20.0 Å². The number of halogens is 3. The lowest BCUT2D eigenvalue weighted by molar-refractivity contribution is -0.192. The van der Waals surface area contributed by atoms with Crippen molar-refractivity contribution in [3.63, 3.8) is 0 Å². The normalized spacial score (nSPS) is 21.9. The van der Waals surface area contributed by atoms with E-state index in [-0.39, 0.29) is 17.4 Å². The van der Waals surface area contributed by atoms with Crippen molar-refractivity contribution in [2.24, 2.45) is 5.41 Å². The number of hydrogen-bond acceptors (Lipinski definition) is 5. The Kier molecular flexibility index (Phi) is 7.93. The van der Waals surface area contributed by atoms with Gasteiger partial charge in [-0.2, -0.15) is 13.2 Å². The lowest BCUT2D eigenvalue weighted by atomic mass is 9.86. The molecule has 31 heavy (non-hydrogen) atoms. The molecular weight excluding hydrogens is 437 g/mol. The number of carbonyl (C=O) groups is 3. The van der Waals surface area contributed by atoms with Crippen LogP contribution >= 0.6 is 11.3 Å². The molecule has 1 aromatic rings. The number of hydrogen-bond donors (Lipinski definition) is 2. The minimum atomic E-state index is -5.08. The maximum absolute atomic E-state index is 12.5. The second-order valence-corrected chi connectivity index (χ2v) is 9.45. The molecule has 0 bridgehead atoms. The number of aryl methyl sites for hydroxylation is 1. The Labute approximate surface area is 182 Å². The van der Waals surface area contributed by atoms with Crippen LogP contribution in [0.4, 0.5) is 18.0 Å². The average Bonchev–Trinajstić information content (AvgIpc) is 3.17. The van der Waals surface area contributed by atoms with Crippen molar-refractivity contribution in [2.75, 3.05) is 46.8 Å². The zero-order chi connectivity index (χ0) is 23.4. The van der Waals surface area contributed by atoms with E-state index in [2.05, 4.69) is 29.3 Å². The van der Waals surface area contributed by atoms with Crippen LogP contribution in [0.2, 0.25) is 0 Å². The van der Waals surface area contributed by atoms with E-state index >= 15 is 0 Å². The number of nitrogens with one attached hydrogen (secondary N) is 1. The molecule has 8 nitrogen and oxygen atoms in total. The molecule has 2 aliphatic heterocycles. The maximum atomic E-state index is 12.5. The lowest BCUT2D eigenvalue weighted by Gasteiger charge is -2.33. The molecule has 1 aromatic heterocycles. The van der Waals surface area contributed by atoms with Gasteiger partial charge >= 0.3 is 18.2 Å². The Morgan fingerprint density at radius 3 is 2.35 bits per heavy atom. The van der Waals surface area contributed by atoms with Gasteiger partial charge in [0.1, 0.15) is 0 Å². The third-order valence-electron chi connectivity index (χ3n) is 5.04. The molecular formula is C19H27F3N4O4S. The quantitative estimate of drug-likeness (QED) is 0.699. The lowest BCUT2D eigenvalue weighted by Crippen LogP contribution is -2.46. The fourth-order valence-electron chi connectivity index (χ4n) is 3.70. The Balaban J connectivity index is 0.000000423. The summed E-state index contributed by atoms with van der Waals surface area (Å²) in [7, 11) is 3.56. The molecule has 2 saturated heterocycles. The molecule has 2 fully saturated rings. The van der Waals surface area contributed by atoms with Gasteiger partial charge < -0.3 is 20.2 Å². The van der Waals surface area contributed by atoms with Crippen molar-refractivity contribution in [1.29, 1.82) is 0 Å². The maximum Gasteiger partial charge on any atom is 0.490 e. The Hall–Kier alpha value is -2.34. The van der Waals surface area contributed by atoms with Gasteiger partial charge in [-0.15, -0.1) is 11.3 Å². The van der Waals surface area contributed by atoms with Gasteiger partial charge in [-0.05, 0) is 19.1 Å². The van der Waals surface area contributed by atoms with Crippen LogP contribution in [0.15, 0.2) is 12.1 Å². The standard InChI is InChI=1S/C17H26N4O2S.C2HF3O2/c1-13-4-5-14(24-13)9-20-6-7-21(16(23)19(2)3)12-17(11-20)8-15(22)18-10-17;3-2(4,5)1(6)7/h4-5H,6-12H2,1-3H3,(H,18,22);(H,6,7). The van der Waals surface area contributed by atoms with Crippen molar-refractivity contribution in [3.05, 3.63) is 21.9 Å². The van der Waals surface area contributed by atoms with E-state index in [0.717, 1.165) is 19.6 Å². The van der Waals surface area contributed by atoms with E-state index in [0.29, 0.717) is 26.1 Å². The summed E-state index contributed by atoms with van der Waals surface area (Å²) in [6.07, 6.45) is -4.58. The van der Waals surface area contributed by atoms with E-state index in [9.17, 15) is 22.8 Å². The number of aliphatic carboxylic acids is 1. The van der Waals surface area contributed by atoms with E-state index < -0.39 is 12.1 Å².